The maximum Gasteiger partial charge on any atom is 0.254 e. The standard InChI is InChI=1S/C27H28N2O5S/c1-16-9-17(2)21-11-19(26(30)28-22(21)10-16)14-29(15-20-7-6-8-35-20)27(31)18-12-23(32-3)25(34-5)24(13-18)33-4/h6-13H,14-15H2,1-5H3,(H,28,30). The predicted molar refractivity (Wildman–Crippen MR) is 138 cm³/mol. The molecule has 0 radical (unpaired) electrons. The topological polar surface area (TPSA) is 80.9 Å². The Morgan fingerprint density at radius 1 is 0.971 bits per heavy atom. The number of pyridine rings is 1. The van der Waals surface area contributed by atoms with E-state index in [1.54, 1.807) is 28.4 Å². The van der Waals surface area contributed by atoms with Crippen LogP contribution < -0.4 is 19.8 Å². The molecule has 2 heterocycles. The number of rotatable bonds is 8. The van der Waals surface area contributed by atoms with Gasteiger partial charge >= 0.3 is 0 Å². The van der Waals surface area contributed by atoms with Crippen LogP contribution in [0.1, 0.15) is 31.9 Å². The Morgan fingerprint density at radius 3 is 2.29 bits per heavy atom. The number of carbonyl (C=O) groups excluding carboxylic acids is 1. The van der Waals surface area contributed by atoms with Crippen molar-refractivity contribution in [3.8, 4) is 17.2 Å². The second-order valence-electron chi connectivity index (χ2n) is 8.32. The number of amides is 1. The molecule has 0 spiro atoms. The highest BCUT2D eigenvalue weighted by molar-refractivity contribution is 7.09. The molecule has 2 aromatic heterocycles. The summed E-state index contributed by atoms with van der Waals surface area (Å²) in [4.78, 5) is 32.4. The van der Waals surface area contributed by atoms with Gasteiger partial charge < -0.3 is 24.1 Å². The number of H-pyrrole nitrogens is 1. The van der Waals surface area contributed by atoms with E-state index in [2.05, 4.69) is 11.1 Å². The Balaban J connectivity index is 1.77. The molecule has 0 aliphatic carbocycles. The number of methoxy groups -OCH3 is 3. The third kappa shape index (κ3) is 5.02. The first-order chi connectivity index (χ1) is 16.8. The quantitative estimate of drug-likeness (QED) is 0.371. The smallest absolute Gasteiger partial charge is 0.254 e. The molecule has 0 atom stereocenters. The molecular formula is C27H28N2O5S. The minimum absolute atomic E-state index is 0.145. The maximum absolute atomic E-state index is 13.8. The van der Waals surface area contributed by atoms with E-state index >= 15 is 0 Å². The molecule has 0 saturated carbocycles. The van der Waals surface area contributed by atoms with Crippen LogP contribution in [0.4, 0.5) is 0 Å². The monoisotopic (exact) mass is 492 g/mol. The van der Waals surface area contributed by atoms with Crippen molar-refractivity contribution in [2.45, 2.75) is 26.9 Å². The van der Waals surface area contributed by atoms with Gasteiger partial charge in [-0.05, 0) is 60.7 Å². The number of aromatic amines is 1. The number of hydrogen-bond acceptors (Lipinski definition) is 6. The molecule has 7 nitrogen and oxygen atoms in total. The fraction of sp³-hybridized carbons (Fsp3) is 0.259. The number of benzene rings is 2. The SMILES string of the molecule is COc1cc(C(=O)N(Cc2cccs2)Cc2cc3c(C)cc(C)cc3[nH]c2=O)cc(OC)c1OC. The molecule has 0 unspecified atom stereocenters. The summed E-state index contributed by atoms with van der Waals surface area (Å²) in [5.41, 5.74) is 3.61. The Labute approximate surface area is 207 Å². The van der Waals surface area contributed by atoms with Gasteiger partial charge in [-0.3, -0.25) is 9.59 Å². The van der Waals surface area contributed by atoms with Crippen molar-refractivity contribution < 1.29 is 19.0 Å². The van der Waals surface area contributed by atoms with Crippen LogP contribution in [0.5, 0.6) is 17.2 Å². The molecule has 0 saturated heterocycles. The van der Waals surface area contributed by atoms with Gasteiger partial charge in [0.25, 0.3) is 11.5 Å². The van der Waals surface area contributed by atoms with E-state index in [1.165, 1.54) is 21.3 Å². The Hall–Kier alpha value is -3.78. The summed E-state index contributed by atoms with van der Waals surface area (Å²) in [6.07, 6.45) is 0. The second kappa shape index (κ2) is 10.2. The van der Waals surface area contributed by atoms with E-state index in [-0.39, 0.29) is 18.0 Å². The third-order valence-electron chi connectivity index (χ3n) is 5.88. The van der Waals surface area contributed by atoms with Gasteiger partial charge in [0.15, 0.2) is 11.5 Å². The van der Waals surface area contributed by atoms with Gasteiger partial charge in [-0.2, -0.15) is 0 Å². The molecule has 1 amide bonds. The summed E-state index contributed by atoms with van der Waals surface area (Å²) in [6.45, 7) is 4.52. The molecule has 4 rings (SSSR count). The second-order valence-corrected chi connectivity index (χ2v) is 9.35. The summed E-state index contributed by atoms with van der Waals surface area (Å²) < 4.78 is 16.3. The van der Waals surface area contributed by atoms with E-state index in [9.17, 15) is 9.59 Å². The van der Waals surface area contributed by atoms with Crippen molar-refractivity contribution in [2.24, 2.45) is 0 Å². The van der Waals surface area contributed by atoms with Crippen LogP contribution in [0.15, 0.2) is 52.6 Å². The summed E-state index contributed by atoms with van der Waals surface area (Å²) in [6, 6.07) is 13.1. The first kappa shape index (κ1) is 24.3. The first-order valence-corrected chi connectivity index (χ1v) is 12.0. The van der Waals surface area contributed by atoms with Crippen molar-refractivity contribution in [1.82, 2.24) is 9.88 Å². The molecule has 0 aliphatic heterocycles. The highest BCUT2D eigenvalue weighted by Gasteiger charge is 2.23. The van der Waals surface area contributed by atoms with Gasteiger partial charge in [0.05, 0.1) is 34.4 Å². The fourth-order valence-corrected chi connectivity index (χ4v) is 4.94. The number of hydrogen-bond donors (Lipinski definition) is 1. The van der Waals surface area contributed by atoms with Gasteiger partial charge in [0.2, 0.25) is 5.75 Å². The van der Waals surface area contributed by atoms with Crippen LogP contribution in [-0.2, 0) is 13.1 Å². The predicted octanol–water partition coefficient (Wildman–Crippen LogP) is 5.07. The number of fused-ring (bicyclic) bond motifs is 1. The van der Waals surface area contributed by atoms with Gasteiger partial charge in [0.1, 0.15) is 0 Å². The number of nitrogens with one attached hydrogen (secondary N) is 1. The molecule has 182 valence electrons. The molecule has 1 N–H and O–H groups in total. The Bertz CT molecular complexity index is 1400. The summed E-state index contributed by atoms with van der Waals surface area (Å²) in [7, 11) is 4.53. The number of ether oxygens (including phenoxy) is 3. The molecule has 0 aliphatic rings. The number of carbonyl (C=O) groups is 1. The summed E-state index contributed by atoms with van der Waals surface area (Å²) >= 11 is 1.56. The van der Waals surface area contributed by atoms with Crippen LogP contribution in [0.3, 0.4) is 0 Å². The van der Waals surface area contributed by atoms with Crippen LogP contribution in [-0.4, -0.2) is 37.1 Å². The maximum atomic E-state index is 13.8. The average molecular weight is 493 g/mol. The normalized spacial score (nSPS) is 10.9. The Morgan fingerprint density at radius 2 is 1.69 bits per heavy atom. The Kier molecular flexibility index (Phi) is 7.12. The third-order valence-corrected chi connectivity index (χ3v) is 6.74. The van der Waals surface area contributed by atoms with Crippen molar-refractivity contribution in [3.05, 3.63) is 85.3 Å². The van der Waals surface area contributed by atoms with Gasteiger partial charge in [-0.15, -0.1) is 11.3 Å². The van der Waals surface area contributed by atoms with Gasteiger partial charge in [-0.25, -0.2) is 0 Å². The minimum atomic E-state index is -0.252. The van der Waals surface area contributed by atoms with E-state index in [4.69, 9.17) is 14.2 Å². The average Bonchev–Trinajstić information content (AvgIpc) is 3.36. The van der Waals surface area contributed by atoms with Gasteiger partial charge in [0, 0.05) is 26.9 Å². The van der Waals surface area contributed by atoms with Crippen LogP contribution in [0.2, 0.25) is 0 Å². The van der Waals surface area contributed by atoms with Crippen molar-refractivity contribution in [2.75, 3.05) is 21.3 Å². The number of thiophene rings is 1. The van der Waals surface area contributed by atoms with Crippen molar-refractivity contribution in [3.63, 3.8) is 0 Å². The molecule has 0 fully saturated rings. The summed E-state index contributed by atoms with van der Waals surface area (Å²) in [5.74, 6) is 0.938. The summed E-state index contributed by atoms with van der Waals surface area (Å²) in [5, 5.41) is 2.92. The lowest BCUT2D eigenvalue weighted by molar-refractivity contribution is 0.0730. The van der Waals surface area contributed by atoms with E-state index in [0.717, 1.165) is 26.9 Å². The lowest BCUT2D eigenvalue weighted by Gasteiger charge is -2.23. The van der Waals surface area contributed by atoms with E-state index < -0.39 is 0 Å². The zero-order valence-corrected chi connectivity index (χ0v) is 21.2. The van der Waals surface area contributed by atoms with Crippen LogP contribution >= 0.6 is 11.3 Å². The minimum Gasteiger partial charge on any atom is -0.493 e. The van der Waals surface area contributed by atoms with Crippen LogP contribution in [0.25, 0.3) is 10.9 Å². The molecule has 35 heavy (non-hydrogen) atoms. The zero-order chi connectivity index (χ0) is 25.1. The molecule has 8 heteroatoms. The fourth-order valence-electron chi connectivity index (χ4n) is 4.22. The number of aromatic nitrogens is 1. The van der Waals surface area contributed by atoms with Crippen LogP contribution in [0, 0.1) is 13.8 Å². The largest absolute Gasteiger partial charge is 0.493 e. The number of aryl methyl sites for hydroxylation is 2. The highest BCUT2D eigenvalue weighted by atomic mass is 32.1. The lowest BCUT2D eigenvalue weighted by atomic mass is 10.0. The van der Waals surface area contributed by atoms with E-state index in [1.807, 2.05) is 43.5 Å². The van der Waals surface area contributed by atoms with E-state index in [0.29, 0.717) is 34.9 Å². The highest BCUT2D eigenvalue weighted by Crippen LogP contribution is 2.38. The molecule has 2 aromatic carbocycles. The molecule has 4 aromatic rings. The van der Waals surface area contributed by atoms with Gasteiger partial charge in [-0.1, -0.05) is 12.1 Å². The lowest BCUT2D eigenvalue weighted by Crippen LogP contribution is -2.32. The molecular weight excluding hydrogens is 464 g/mol. The zero-order valence-electron chi connectivity index (χ0n) is 20.4. The number of nitrogens with zero attached hydrogens (tertiary/aromatic N) is 1. The molecule has 0 bridgehead atoms. The first-order valence-electron chi connectivity index (χ1n) is 11.1. The van der Waals surface area contributed by atoms with Crippen molar-refractivity contribution >= 4 is 28.1 Å². The van der Waals surface area contributed by atoms with Crippen molar-refractivity contribution in [1.29, 1.82) is 0 Å².